The first-order valence-electron chi connectivity index (χ1n) is 7.83. The Hall–Kier alpha value is -2.43. The summed E-state index contributed by atoms with van der Waals surface area (Å²) in [6.45, 7) is 0.546. The van der Waals surface area contributed by atoms with E-state index in [-0.39, 0.29) is 17.8 Å². The number of halogens is 2. The molecular formula is C18H14F2N2O. The van der Waals surface area contributed by atoms with E-state index in [0.717, 1.165) is 27.6 Å². The summed E-state index contributed by atoms with van der Waals surface area (Å²) in [6, 6.07) is 4.61. The molecule has 2 aromatic rings. The van der Waals surface area contributed by atoms with Crippen molar-refractivity contribution in [1.82, 2.24) is 9.88 Å². The van der Waals surface area contributed by atoms with E-state index < -0.39 is 6.17 Å². The van der Waals surface area contributed by atoms with Gasteiger partial charge in [-0.2, -0.15) is 0 Å². The number of amides is 1. The Morgan fingerprint density at radius 1 is 1.26 bits per heavy atom. The number of benzene rings is 1. The van der Waals surface area contributed by atoms with Crippen LogP contribution in [0, 0.1) is 5.82 Å². The minimum Gasteiger partial charge on any atom is -0.351 e. The van der Waals surface area contributed by atoms with Crippen LogP contribution >= 0.6 is 0 Å². The number of hydrogen-bond donors (Lipinski definition) is 1. The third-order valence-corrected chi connectivity index (χ3v) is 5.01. The van der Waals surface area contributed by atoms with Crippen molar-refractivity contribution in [1.29, 1.82) is 0 Å². The topological polar surface area (TPSA) is 34.0 Å². The molecule has 1 aliphatic carbocycles. The summed E-state index contributed by atoms with van der Waals surface area (Å²) in [7, 11) is 0. The quantitative estimate of drug-likeness (QED) is 0.793. The number of carbonyl (C=O) groups excluding carboxylic acids is 1. The molecular weight excluding hydrogens is 298 g/mol. The number of rotatable bonds is 0. The predicted molar refractivity (Wildman–Crippen MR) is 83.5 cm³/mol. The number of alkyl halides is 1. The van der Waals surface area contributed by atoms with Crippen molar-refractivity contribution in [3.8, 4) is 0 Å². The van der Waals surface area contributed by atoms with E-state index in [1.165, 1.54) is 12.1 Å². The first-order chi connectivity index (χ1) is 11.1. The van der Waals surface area contributed by atoms with E-state index >= 15 is 0 Å². The Morgan fingerprint density at radius 2 is 2.13 bits per heavy atom. The molecule has 0 spiro atoms. The van der Waals surface area contributed by atoms with Crippen LogP contribution in [0.1, 0.15) is 34.9 Å². The van der Waals surface area contributed by atoms with Crippen molar-refractivity contribution in [3.63, 3.8) is 0 Å². The lowest BCUT2D eigenvalue weighted by Crippen LogP contribution is -2.23. The molecule has 1 aromatic carbocycles. The number of carbonyl (C=O) groups is 1. The van der Waals surface area contributed by atoms with Crippen LogP contribution in [0.15, 0.2) is 35.9 Å². The SMILES string of the molecule is O=C1NCCC2C3=CC(F)CC=C3c3cc(F)cc4cc1n2c34. The second kappa shape index (κ2) is 4.31. The second-order valence-electron chi connectivity index (χ2n) is 6.34. The van der Waals surface area contributed by atoms with E-state index in [0.29, 0.717) is 25.1 Å². The molecule has 0 fully saturated rings. The molecule has 1 amide bonds. The number of hydrogen-bond acceptors (Lipinski definition) is 1. The predicted octanol–water partition coefficient (Wildman–Crippen LogP) is 3.52. The van der Waals surface area contributed by atoms with Crippen LogP contribution in [0.25, 0.3) is 16.5 Å². The molecule has 0 saturated carbocycles. The van der Waals surface area contributed by atoms with Crippen LogP contribution in [0.3, 0.4) is 0 Å². The van der Waals surface area contributed by atoms with Gasteiger partial charge in [0, 0.05) is 23.9 Å². The highest BCUT2D eigenvalue weighted by Gasteiger charge is 2.36. The van der Waals surface area contributed by atoms with E-state index in [2.05, 4.69) is 5.32 Å². The molecule has 2 unspecified atom stereocenters. The summed E-state index contributed by atoms with van der Waals surface area (Å²) < 4.78 is 30.0. The lowest BCUT2D eigenvalue weighted by Gasteiger charge is -2.33. The number of nitrogens with zero attached hydrogens (tertiary/aromatic N) is 1. The third-order valence-electron chi connectivity index (χ3n) is 5.01. The highest BCUT2D eigenvalue weighted by molar-refractivity contribution is 6.05. The second-order valence-corrected chi connectivity index (χ2v) is 6.34. The minimum atomic E-state index is -1.02. The molecule has 0 radical (unpaired) electrons. The average molecular weight is 312 g/mol. The number of fused-ring (bicyclic) bond motifs is 3. The molecule has 5 heteroatoms. The van der Waals surface area contributed by atoms with Gasteiger partial charge in [0.25, 0.3) is 5.91 Å². The van der Waals surface area contributed by atoms with Crippen LogP contribution in [0.2, 0.25) is 0 Å². The Bertz CT molecular complexity index is 938. The van der Waals surface area contributed by atoms with Crippen molar-refractivity contribution in [2.24, 2.45) is 0 Å². The van der Waals surface area contributed by atoms with Crippen molar-refractivity contribution in [3.05, 3.63) is 53.0 Å². The van der Waals surface area contributed by atoms with Gasteiger partial charge in [-0.1, -0.05) is 6.08 Å². The summed E-state index contributed by atoms with van der Waals surface area (Å²) in [4.78, 5) is 12.3. The number of aromatic nitrogens is 1. The van der Waals surface area contributed by atoms with Crippen LogP contribution in [-0.4, -0.2) is 23.2 Å². The van der Waals surface area contributed by atoms with Gasteiger partial charge in [-0.25, -0.2) is 8.78 Å². The van der Waals surface area contributed by atoms with Crippen LogP contribution in [0.5, 0.6) is 0 Å². The minimum absolute atomic E-state index is 0.0794. The van der Waals surface area contributed by atoms with Gasteiger partial charge in [-0.15, -0.1) is 0 Å². The molecule has 5 rings (SSSR count). The fourth-order valence-corrected chi connectivity index (χ4v) is 4.13. The lowest BCUT2D eigenvalue weighted by molar-refractivity contribution is 0.0951. The first kappa shape index (κ1) is 13.0. The molecule has 0 bridgehead atoms. The molecule has 2 aliphatic heterocycles. The maximum atomic E-state index is 14.0. The van der Waals surface area contributed by atoms with Crippen LogP contribution in [0.4, 0.5) is 8.78 Å². The maximum Gasteiger partial charge on any atom is 0.267 e. The van der Waals surface area contributed by atoms with Crippen LogP contribution < -0.4 is 5.32 Å². The molecule has 1 aromatic heterocycles. The van der Waals surface area contributed by atoms with Gasteiger partial charge in [0.1, 0.15) is 17.7 Å². The van der Waals surface area contributed by atoms with Crippen molar-refractivity contribution in [2.75, 3.05) is 6.54 Å². The van der Waals surface area contributed by atoms with Crippen LogP contribution in [-0.2, 0) is 0 Å². The fourth-order valence-electron chi connectivity index (χ4n) is 4.13. The summed E-state index contributed by atoms with van der Waals surface area (Å²) in [5, 5.41) is 3.60. The molecule has 3 heterocycles. The van der Waals surface area contributed by atoms with Gasteiger partial charge in [-0.3, -0.25) is 4.79 Å². The highest BCUT2D eigenvalue weighted by atomic mass is 19.1. The van der Waals surface area contributed by atoms with Gasteiger partial charge in [-0.05, 0) is 41.8 Å². The fraction of sp³-hybridized carbons (Fsp3) is 0.278. The number of nitrogens with one attached hydrogen (secondary N) is 1. The largest absolute Gasteiger partial charge is 0.351 e. The van der Waals surface area contributed by atoms with Gasteiger partial charge in [0.2, 0.25) is 0 Å². The molecule has 1 N–H and O–H groups in total. The maximum absolute atomic E-state index is 14.0. The lowest BCUT2D eigenvalue weighted by atomic mass is 9.82. The average Bonchev–Trinajstić information content (AvgIpc) is 2.81. The molecule has 116 valence electrons. The summed E-state index contributed by atoms with van der Waals surface area (Å²) in [5.74, 6) is -0.495. The molecule has 3 nitrogen and oxygen atoms in total. The van der Waals surface area contributed by atoms with Crippen molar-refractivity contribution in [2.45, 2.75) is 25.1 Å². The zero-order valence-electron chi connectivity index (χ0n) is 12.3. The highest BCUT2D eigenvalue weighted by Crippen LogP contribution is 2.47. The van der Waals surface area contributed by atoms with Crippen molar-refractivity contribution < 1.29 is 13.6 Å². The zero-order valence-corrected chi connectivity index (χ0v) is 12.3. The monoisotopic (exact) mass is 312 g/mol. The van der Waals surface area contributed by atoms with Gasteiger partial charge in [0.05, 0.1) is 11.6 Å². The zero-order chi connectivity index (χ0) is 15.7. The Labute approximate surface area is 131 Å². The normalized spacial score (nSPS) is 25.4. The van der Waals surface area contributed by atoms with Crippen molar-refractivity contribution >= 4 is 22.4 Å². The van der Waals surface area contributed by atoms with E-state index in [1.54, 1.807) is 12.1 Å². The smallest absolute Gasteiger partial charge is 0.267 e. The van der Waals surface area contributed by atoms with Gasteiger partial charge >= 0.3 is 0 Å². The standard InChI is InChI=1S/C18H14F2N2O/c19-10-1-2-12-13(7-10)15-3-4-21-18(23)16-6-9-5-11(20)8-14(12)17(9)22(15)16/h2,5-8,10,15H,1,3-4H2,(H,21,23). The third kappa shape index (κ3) is 1.65. The first-order valence-corrected chi connectivity index (χ1v) is 7.83. The van der Waals surface area contributed by atoms with E-state index in [9.17, 15) is 13.6 Å². The van der Waals surface area contributed by atoms with Gasteiger partial charge < -0.3 is 9.88 Å². The molecule has 0 saturated heterocycles. The molecule has 3 aliphatic rings. The Balaban J connectivity index is 1.94. The summed E-state index contributed by atoms with van der Waals surface area (Å²) >= 11 is 0. The molecule has 2 atom stereocenters. The Morgan fingerprint density at radius 3 is 3.00 bits per heavy atom. The number of allylic oxidation sites excluding steroid dienone is 4. The Kier molecular flexibility index (Phi) is 2.45. The summed E-state index contributed by atoms with van der Waals surface area (Å²) in [5.41, 5.74) is 3.95. The van der Waals surface area contributed by atoms with E-state index in [1.807, 2.05) is 10.6 Å². The summed E-state index contributed by atoms with van der Waals surface area (Å²) in [6.07, 6.45) is 3.50. The van der Waals surface area contributed by atoms with E-state index in [4.69, 9.17) is 0 Å². The molecule has 23 heavy (non-hydrogen) atoms. The van der Waals surface area contributed by atoms with Gasteiger partial charge in [0.15, 0.2) is 0 Å².